The van der Waals surface area contributed by atoms with E-state index in [1.807, 2.05) is 0 Å². The second kappa shape index (κ2) is 4.79. The zero-order chi connectivity index (χ0) is 8.91. The molecule has 1 aliphatic rings. The molecule has 0 aromatic carbocycles. The molecule has 0 aromatic heterocycles. The molecule has 11 heavy (non-hydrogen) atoms. The molecule has 1 rings (SSSR count). The summed E-state index contributed by atoms with van der Waals surface area (Å²) in [6.07, 6.45) is 5.55. The van der Waals surface area contributed by atoms with Gasteiger partial charge in [-0.1, -0.05) is 47.5 Å². The van der Waals surface area contributed by atoms with Gasteiger partial charge in [0.1, 0.15) is 0 Å². The molecule has 0 unspecified atom stereocenters. The van der Waals surface area contributed by atoms with E-state index in [0.717, 1.165) is 11.3 Å². The quantitative estimate of drug-likeness (QED) is 0.532. The van der Waals surface area contributed by atoms with Gasteiger partial charge in [0.2, 0.25) is 0 Å². The summed E-state index contributed by atoms with van der Waals surface area (Å²) in [6, 6.07) is 0. The Morgan fingerprint density at radius 1 is 1.18 bits per heavy atom. The molecular formula is C11H24. The van der Waals surface area contributed by atoms with Gasteiger partial charge in [0.05, 0.1) is 0 Å². The zero-order valence-corrected chi connectivity index (χ0v) is 8.91. The second-order valence-electron chi connectivity index (χ2n) is 4.38. The van der Waals surface area contributed by atoms with Crippen molar-refractivity contribution < 1.29 is 0 Å². The average Bonchev–Trinajstić information content (AvgIpc) is 1.87. The first kappa shape index (κ1) is 11.0. The van der Waals surface area contributed by atoms with Crippen molar-refractivity contribution in [3.63, 3.8) is 0 Å². The Morgan fingerprint density at radius 3 is 1.64 bits per heavy atom. The molecule has 68 valence electrons. The van der Waals surface area contributed by atoms with Crippen LogP contribution in [0.15, 0.2) is 0 Å². The van der Waals surface area contributed by atoms with Gasteiger partial charge in [-0.25, -0.2) is 0 Å². The molecule has 0 spiro atoms. The molecule has 0 nitrogen and oxygen atoms in total. The van der Waals surface area contributed by atoms with Gasteiger partial charge in [0.15, 0.2) is 0 Å². The summed E-state index contributed by atoms with van der Waals surface area (Å²) in [5.41, 5.74) is 0.736. The molecular weight excluding hydrogens is 132 g/mol. The molecule has 1 aliphatic carbocycles. The molecule has 1 fully saturated rings. The van der Waals surface area contributed by atoms with Crippen molar-refractivity contribution >= 4 is 0 Å². The monoisotopic (exact) mass is 156 g/mol. The fraction of sp³-hybridized carbons (Fsp3) is 1.00. The minimum absolute atomic E-state index is 0.736. The van der Waals surface area contributed by atoms with Gasteiger partial charge in [0.25, 0.3) is 0 Å². The molecule has 0 radical (unpaired) electrons. The topological polar surface area (TPSA) is 0 Å². The maximum absolute atomic E-state index is 2.40. The zero-order valence-electron chi connectivity index (χ0n) is 8.91. The smallest absolute Gasteiger partial charge is 0.0323 e. The van der Waals surface area contributed by atoms with Crippen LogP contribution >= 0.6 is 0 Å². The third-order valence-corrected chi connectivity index (χ3v) is 2.54. The molecule has 0 amide bonds. The van der Waals surface area contributed by atoms with E-state index >= 15 is 0 Å². The fourth-order valence-electron chi connectivity index (χ4n) is 1.91. The third kappa shape index (κ3) is 3.79. The van der Waals surface area contributed by atoms with Crippen LogP contribution in [0.2, 0.25) is 0 Å². The summed E-state index contributed by atoms with van der Waals surface area (Å²) in [6.45, 7) is 11.3. The standard InChI is InChI=1S/C8H16.C3H8/c1-4-8(3)5-7(2)6-8;1-3-2/h7H,4-6H2,1-3H3;3H2,1-2H3. The van der Waals surface area contributed by atoms with E-state index in [1.165, 1.54) is 25.7 Å². The molecule has 0 aliphatic heterocycles. The van der Waals surface area contributed by atoms with Crippen LogP contribution in [-0.4, -0.2) is 0 Å². The summed E-state index contributed by atoms with van der Waals surface area (Å²) in [7, 11) is 0. The predicted octanol–water partition coefficient (Wildman–Crippen LogP) is 4.25. The number of hydrogen-bond donors (Lipinski definition) is 0. The van der Waals surface area contributed by atoms with E-state index < -0.39 is 0 Å². The molecule has 0 bridgehead atoms. The average molecular weight is 156 g/mol. The number of rotatable bonds is 1. The van der Waals surface area contributed by atoms with Crippen molar-refractivity contribution in [3.05, 3.63) is 0 Å². The lowest BCUT2D eigenvalue weighted by Gasteiger charge is -2.43. The van der Waals surface area contributed by atoms with Crippen LogP contribution in [0.25, 0.3) is 0 Å². The Balaban J connectivity index is 0.000000292. The SMILES string of the molecule is CCC.CCC1(C)CC(C)C1. The molecule has 0 atom stereocenters. The first-order chi connectivity index (χ1) is 5.08. The van der Waals surface area contributed by atoms with Crippen molar-refractivity contribution in [2.24, 2.45) is 11.3 Å². The van der Waals surface area contributed by atoms with E-state index in [2.05, 4.69) is 34.6 Å². The van der Waals surface area contributed by atoms with Crippen LogP contribution in [0, 0.1) is 11.3 Å². The fourth-order valence-corrected chi connectivity index (χ4v) is 1.91. The van der Waals surface area contributed by atoms with Crippen LogP contribution in [0.5, 0.6) is 0 Å². The lowest BCUT2D eigenvalue weighted by molar-refractivity contribution is 0.0836. The van der Waals surface area contributed by atoms with Gasteiger partial charge in [-0.15, -0.1) is 0 Å². The summed E-state index contributed by atoms with van der Waals surface area (Å²) >= 11 is 0. The van der Waals surface area contributed by atoms with Crippen molar-refractivity contribution in [3.8, 4) is 0 Å². The third-order valence-electron chi connectivity index (χ3n) is 2.54. The Bertz CT molecular complexity index is 88.2. The first-order valence-corrected chi connectivity index (χ1v) is 5.08. The molecule has 0 N–H and O–H groups in total. The highest BCUT2D eigenvalue weighted by molar-refractivity contribution is 4.86. The Labute approximate surface area is 72.4 Å². The summed E-state index contributed by atoms with van der Waals surface area (Å²) in [4.78, 5) is 0. The van der Waals surface area contributed by atoms with Crippen LogP contribution in [-0.2, 0) is 0 Å². The van der Waals surface area contributed by atoms with Crippen molar-refractivity contribution in [2.45, 2.75) is 60.3 Å². The van der Waals surface area contributed by atoms with E-state index in [0.29, 0.717) is 0 Å². The van der Waals surface area contributed by atoms with E-state index in [4.69, 9.17) is 0 Å². The predicted molar refractivity (Wildman–Crippen MR) is 52.8 cm³/mol. The highest BCUT2D eigenvalue weighted by Gasteiger charge is 2.35. The first-order valence-electron chi connectivity index (χ1n) is 5.08. The lowest BCUT2D eigenvalue weighted by Crippen LogP contribution is -2.31. The summed E-state index contributed by atoms with van der Waals surface area (Å²) in [5, 5.41) is 0. The summed E-state index contributed by atoms with van der Waals surface area (Å²) < 4.78 is 0. The maximum atomic E-state index is 2.40. The second-order valence-corrected chi connectivity index (χ2v) is 4.38. The van der Waals surface area contributed by atoms with E-state index in [1.54, 1.807) is 0 Å². The molecule has 0 heteroatoms. The van der Waals surface area contributed by atoms with Crippen LogP contribution in [0.4, 0.5) is 0 Å². The lowest BCUT2D eigenvalue weighted by atomic mass is 9.63. The van der Waals surface area contributed by atoms with Gasteiger partial charge >= 0.3 is 0 Å². The molecule has 1 saturated carbocycles. The van der Waals surface area contributed by atoms with Crippen molar-refractivity contribution in [1.29, 1.82) is 0 Å². The van der Waals surface area contributed by atoms with Gasteiger partial charge in [0, 0.05) is 0 Å². The Kier molecular flexibility index (Phi) is 4.79. The van der Waals surface area contributed by atoms with E-state index in [9.17, 15) is 0 Å². The van der Waals surface area contributed by atoms with Crippen LogP contribution in [0.3, 0.4) is 0 Å². The molecule has 0 heterocycles. The minimum atomic E-state index is 0.736. The molecule has 0 saturated heterocycles. The highest BCUT2D eigenvalue weighted by atomic mass is 14.4. The summed E-state index contributed by atoms with van der Waals surface area (Å²) in [5.74, 6) is 1.01. The Morgan fingerprint density at radius 2 is 1.55 bits per heavy atom. The van der Waals surface area contributed by atoms with Gasteiger partial charge in [-0.2, -0.15) is 0 Å². The van der Waals surface area contributed by atoms with Gasteiger partial charge in [-0.3, -0.25) is 0 Å². The largest absolute Gasteiger partial charge is 0.0656 e. The van der Waals surface area contributed by atoms with Gasteiger partial charge < -0.3 is 0 Å². The van der Waals surface area contributed by atoms with Crippen molar-refractivity contribution in [1.82, 2.24) is 0 Å². The maximum Gasteiger partial charge on any atom is -0.0323 e. The van der Waals surface area contributed by atoms with E-state index in [-0.39, 0.29) is 0 Å². The Hall–Kier alpha value is 0. The minimum Gasteiger partial charge on any atom is -0.0656 e. The van der Waals surface area contributed by atoms with Gasteiger partial charge in [-0.05, 0) is 24.2 Å². The normalized spacial score (nSPS) is 35.2. The van der Waals surface area contributed by atoms with Crippen LogP contribution < -0.4 is 0 Å². The molecule has 0 aromatic rings. The number of hydrogen-bond acceptors (Lipinski definition) is 0. The van der Waals surface area contributed by atoms with Crippen LogP contribution in [0.1, 0.15) is 60.3 Å². The van der Waals surface area contributed by atoms with Crippen molar-refractivity contribution in [2.75, 3.05) is 0 Å². The highest BCUT2D eigenvalue weighted by Crippen LogP contribution is 2.47.